The van der Waals surface area contributed by atoms with Crippen LogP contribution in [0.5, 0.6) is 0 Å². The van der Waals surface area contributed by atoms with Crippen molar-refractivity contribution in [3.05, 3.63) is 75.0 Å². The minimum atomic E-state index is -0.919. The highest BCUT2D eigenvalue weighted by Crippen LogP contribution is 2.33. The van der Waals surface area contributed by atoms with Gasteiger partial charge in [0.05, 0.1) is 17.2 Å². The van der Waals surface area contributed by atoms with Gasteiger partial charge in [-0.05, 0) is 55.2 Å². The van der Waals surface area contributed by atoms with E-state index in [9.17, 15) is 20.3 Å². The van der Waals surface area contributed by atoms with Crippen molar-refractivity contribution in [1.82, 2.24) is 4.98 Å². The minimum absolute atomic E-state index is 0.0178. The molecule has 29 heavy (non-hydrogen) atoms. The predicted octanol–water partition coefficient (Wildman–Crippen LogP) is 2.42. The summed E-state index contributed by atoms with van der Waals surface area (Å²) in [5.74, 6) is 0. The number of aromatic amines is 1. The Balaban J connectivity index is 1.58. The van der Waals surface area contributed by atoms with Gasteiger partial charge in [-0.2, -0.15) is 0 Å². The molecule has 5 N–H and O–H groups in total. The van der Waals surface area contributed by atoms with Crippen molar-refractivity contribution < 1.29 is 20.5 Å². The lowest BCUT2D eigenvalue weighted by atomic mass is 9.90. The quantitative estimate of drug-likeness (QED) is 0.378. The molecule has 7 nitrogen and oxygen atoms in total. The number of fused-ring (bicyclic) bond motifs is 3. The van der Waals surface area contributed by atoms with Gasteiger partial charge in [0.15, 0.2) is 0 Å². The van der Waals surface area contributed by atoms with Gasteiger partial charge < -0.3 is 20.5 Å². The second-order valence-corrected chi connectivity index (χ2v) is 7.90. The maximum absolute atomic E-state index is 10.8. The first-order valence-electron chi connectivity index (χ1n) is 9.97. The number of aliphatic hydroxyl groups is 2. The first-order valence-corrected chi connectivity index (χ1v) is 9.97. The lowest BCUT2D eigenvalue weighted by Gasteiger charge is -2.27. The summed E-state index contributed by atoms with van der Waals surface area (Å²) in [6.45, 7) is 1.90. The molecule has 0 saturated heterocycles. The fourth-order valence-corrected chi connectivity index (χ4v) is 4.41. The summed E-state index contributed by atoms with van der Waals surface area (Å²) in [6.07, 6.45) is 2.12. The highest BCUT2D eigenvalue weighted by Gasteiger charge is 2.32. The summed E-state index contributed by atoms with van der Waals surface area (Å²) in [5, 5.41) is 34.9. The van der Waals surface area contributed by atoms with Crippen LogP contribution in [0.15, 0.2) is 42.5 Å². The van der Waals surface area contributed by atoms with Crippen molar-refractivity contribution in [2.75, 3.05) is 6.61 Å². The summed E-state index contributed by atoms with van der Waals surface area (Å²) in [4.78, 5) is 13.9. The van der Waals surface area contributed by atoms with Crippen molar-refractivity contribution in [3.8, 4) is 0 Å². The Bertz CT molecular complexity index is 1030. The normalized spacial score (nSPS) is 18.4. The van der Waals surface area contributed by atoms with Gasteiger partial charge in [0.2, 0.25) is 0 Å². The average Bonchev–Trinajstić information content (AvgIpc) is 3.10. The summed E-state index contributed by atoms with van der Waals surface area (Å²) in [6, 6.07) is 11.9. The van der Waals surface area contributed by atoms with Crippen LogP contribution >= 0.6 is 0 Å². The molecule has 0 bridgehead atoms. The Hall–Kier alpha value is -2.74. The Kier molecular flexibility index (Phi) is 5.36. The standard InChI is InChI=1S/C22H25N3O4/c1-13-5-10-18-17(11-13)16-3-2-4-19(21(16)24-18)23-20(12-26)22(27)14-6-8-15(9-7-14)25(28)29/h5-11,19-20,22-24,26-27H,2-4,12H2,1H3/p+1/t19-,20+,22+/m0/s1. The molecule has 0 spiro atoms. The number of nitro groups is 1. The van der Waals surface area contributed by atoms with Crippen LogP contribution in [0.1, 0.15) is 47.4 Å². The number of aromatic nitrogens is 1. The number of benzene rings is 2. The van der Waals surface area contributed by atoms with Gasteiger partial charge in [-0.3, -0.25) is 10.1 Å². The first-order chi connectivity index (χ1) is 14.0. The molecule has 0 aliphatic heterocycles. The molecule has 0 unspecified atom stereocenters. The zero-order valence-electron chi connectivity index (χ0n) is 16.3. The fraction of sp³-hybridized carbons (Fsp3) is 0.364. The van der Waals surface area contributed by atoms with Gasteiger partial charge in [0.25, 0.3) is 5.69 Å². The molecule has 4 rings (SSSR count). The predicted molar refractivity (Wildman–Crippen MR) is 110 cm³/mol. The molecule has 3 aromatic rings. The number of hydrogen-bond acceptors (Lipinski definition) is 4. The number of rotatable bonds is 6. The van der Waals surface area contributed by atoms with Crippen LogP contribution in [0.25, 0.3) is 10.9 Å². The second-order valence-electron chi connectivity index (χ2n) is 7.90. The van der Waals surface area contributed by atoms with Crippen molar-refractivity contribution in [2.45, 2.75) is 44.4 Å². The maximum Gasteiger partial charge on any atom is 0.269 e. The fourth-order valence-electron chi connectivity index (χ4n) is 4.41. The maximum atomic E-state index is 10.8. The minimum Gasteiger partial charge on any atom is -0.390 e. The van der Waals surface area contributed by atoms with Crippen LogP contribution in [0.4, 0.5) is 5.69 Å². The van der Waals surface area contributed by atoms with Crippen molar-refractivity contribution in [3.63, 3.8) is 0 Å². The van der Waals surface area contributed by atoms with E-state index in [0.29, 0.717) is 5.56 Å². The van der Waals surface area contributed by atoms with Crippen LogP contribution in [-0.4, -0.2) is 32.8 Å². The molecular weight excluding hydrogens is 370 g/mol. The van der Waals surface area contributed by atoms with Crippen molar-refractivity contribution in [1.29, 1.82) is 0 Å². The Morgan fingerprint density at radius 1 is 1.28 bits per heavy atom. The van der Waals surface area contributed by atoms with E-state index >= 15 is 0 Å². The van der Waals surface area contributed by atoms with Gasteiger partial charge >= 0.3 is 0 Å². The summed E-state index contributed by atoms with van der Waals surface area (Å²) in [5.41, 5.74) is 5.40. The molecular formula is C22H26N3O4+. The summed E-state index contributed by atoms with van der Waals surface area (Å²) in [7, 11) is 0. The number of quaternary nitrogens is 1. The number of nitrogens with zero attached hydrogens (tertiary/aromatic N) is 1. The van der Waals surface area contributed by atoms with E-state index < -0.39 is 17.1 Å². The highest BCUT2D eigenvalue weighted by molar-refractivity contribution is 5.85. The molecule has 152 valence electrons. The number of nitro benzene ring substituents is 1. The van der Waals surface area contributed by atoms with Crippen LogP contribution in [-0.2, 0) is 6.42 Å². The number of aryl methyl sites for hydroxylation is 2. The average molecular weight is 396 g/mol. The zero-order valence-corrected chi connectivity index (χ0v) is 16.3. The number of nitrogens with one attached hydrogen (secondary N) is 1. The molecule has 2 aromatic carbocycles. The van der Waals surface area contributed by atoms with E-state index in [1.807, 2.05) is 5.32 Å². The van der Waals surface area contributed by atoms with E-state index in [0.717, 1.165) is 24.8 Å². The third kappa shape index (κ3) is 3.76. The van der Waals surface area contributed by atoms with E-state index in [1.54, 1.807) is 12.1 Å². The molecule has 0 radical (unpaired) electrons. The molecule has 0 amide bonds. The number of H-pyrrole nitrogens is 1. The molecule has 1 heterocycles. The van der Waals surface area contributed by atoms with Gasteiger partial charge in [0.1, 0.15) is 18.2 Å². The first kappa shape index (κ1) is 19.6. The second kappa shape index (κ2) is 7.94. The van der Waals surface area contributed by atoms with Crippen molar-refractivity contribution >= 4 is 16.6 Å². The number of aliphatic hydroxyl groups excluding tert-OH is 2. The van der Waals surface area contributed by atoms with Crippen LogP contribution in [0, 0.1) is 17.0 Å². The van der Waals surface area contributed by atoms with E-state index in [2.05, 4.69) is 30.1 Å². The SMILES string of the molecule is Cc1ccc2[nH]c3c(c2c1)CCC[C@@H]3[NH2+][C@H](CO)[C@H](O)c1ccc([N+](=O)[O-])cc1. The zero-order chi connectivity index (χ0) is 20.5. The molecule has 1 aliphatic rings. The molecule has 0 fully saturated rings. The third-order valence-corrected chi connectivity index (χ3v) is 5.95. The highest BCUT2D eigenvalue weighted by atomic mass is 16.6. The van der Waals surface area contributed by atoms with Crippen LogP contribution in [0.3, 0.4) is 0 Å². The molecule has 0 saturated carbocycles. The topological polar surface area (TPSA) is 116 Å². The van der Waals surface area contributed by atoms with Gasteiger partial charge in [-0.1, -0.05) is 11.6 Å². The Labute approximate surface area is 168 Å². The lowest BCUT2D eigenvalue weighted by Crippen LogP contribution is -2.93. The van der Waals surface area contributed by atoms with E-state index in [-0.39, 0.29) is 18.3 Å². The molecule has 7 heteroatoms. The van der Waals surface area contributed by atoms with Gasteiger partial charge in [-0.15, -0.1) is 0 Å². The Morgan fingerprint density at radius 2 is 2.03 bits per heavy atom. The third-order valence-electron chi connectivity index (χ3n) is 5.95. The lowest BCUT2D eigenvalue weighted by molar-refractivity contribution is -0.738. The number of non-ortho nitro benzene ring substituents is 1. The molecule has 1 aromatic heterocycles. The number of hydrogen-bond donors (Lipinski definition) is 4. The Morgan fingerprint density at radius 3 is 2.72 bits per heavy atom. The van der Waals surface area contributed by atoms with E-state index in [4.69, 9.17) is 0 Å². The van der Waals surface area contributed by atoms with Gasteiger partial charge in [0, 0.05) is 29.5 Å². The van der Waals surface area contributed by atoms with E-state index in [1.165, 1.54) is 34.3 Å². The smallest absolute Gasteiger partial charge is 0.269 e. The van der Waals surface area contributed by atoms with Gasteiger partial charge in [-0.25, -0.2) is 0 Å². The van der Waals surface area contributed by atoms with Crippen LogP contribution < -0.4 is 5.32 Å². The summed E-state index contributed by atoms with van der Waals surface area (Å²) >= 11 is 0. The van der Waals surface area contributed by atoms with Crippen molar-refractivity contribution in [2.24, 2.45) is 0 Å². The monoisotopic (exact) mass is 396 g/mol. The largest absolute Gasteiger partial charge is 0.390 e. The van der Waals surface area contributed by atoms with Crippen LogP contribution in [0.2, 0.25) is 0 Å². The molecule has 1 aliphatic carbocycles. The number of nitrogens with two attached hydrogens (primary N) is 1. The summed E-state index contributed by atoms with van der Waals surface area (Å²) < 4.78 is 0. The molecule has 3 atom stereocenters.